The lowest BCUT2D eigenvalue weighted by atomic mass is 9.67. The second-order valence-electron chi connectivity index (χ2n) is 17.0. The molecule has 1 amide bonds. The first kappa shape index (κ1) is 33.4. The predicted octanol–water partition coefficient (Wildman–Crippen LogP) is 7.23. The molecule has 12 rings (SSSR count). The molecule has 2 N–H and O–H groups in total. The van der Waals surface area contributed by atoms with Gasteiger partial charge in [0, 0.05) is 29.4 Å². The van der Waals surface area contributed by atoms with E-state index in [1.165, 1.54) is 17.0 Å². The summed E-state index contributed by atoms with van der Waals surface area (Å²) >= 11 is 7.90. The summed E-state index contributed by atoms with van der Waals surface area (Å²) < 4.78 is 66.5. The fourth-order valence-electron chi connectivity index (χ4n) is 12.2. The maximum Gasteiger partial charge on any atom is 0.319 e. The standard InChI is InChI=1S/C39H36ClF4N7O2S/c40-24-9-22-29(28(42)27(24)21-3-4-25(41)30-26(21)23(13-45)32(46)54-30)47-35(53-18-36-5-1-7-51(36)8-2-6-36)48-33(22)49-14-19-10-37(11-19)31-20(15-49)12-39(31,37)34(52)50-16-38(43,44)17-50/h3-4,9,19-20,31H,1-2,5-8,10-12,14-18,46H2. The number of fused-ring (bicyclic) bond motifs is 5. The zero-order valence-electron chi connectivity index (χ0n) is 29.2. The van der Waals surface area contributed by atoms with Gasteiger partial charge in [0.25, 0.3) is 5.92 Å². The summed E-state index contributed by atoms with van der Waals surface area (Å²) in [6.07, 6.45) is 6.49. The minimum Gasteiger partial charge on any atom is -0.461 e. The van der Waals surface area contributed by atoms with Gasteiger partial charge in [-0.3, -0.25) is 9.69 Å². The molecule has 5 aliphatic heterocycles. The highest BCUT2D eigenvalue weighted by Gasteiger charge is 2.91. The van der Waals surface area contributed by atoms with Crippen molar-refractivity contribution in [1.29, 1.82) is 5.26 Å². The van der Waals surface area contributed by atoms with Crippen LogP contribution in [0.5, 0.6) is 6.01 Å². The number of nitrogen functional groups attached to an aromatic ring is 1. The molecule has 3 saturated carbocycles. The van der Waals surface area contributed by atoms with E-state index in [1.54, 1.807) is 6.07 Å². The zero-order chi connectivity index (χ0) is 37.1. The van der Waals surface area contributed by atoms with Gasteiger partial charge in [-0.25, -0.2) is 17.6 Å². The molecule has 0 radical (unpaired) electrons. The van der Waals surface area contributed by atoms with Gasteiger partial charge >= 0.3 is 6.01 Å². The number of likely N-dealkylation sites (tertiary alicyclic amines) is 1. The molecule has 15 heteroatoms. The summed E-state index contributed by atoms with van der Waals surface area (Å²) in [5.74, 6) is -3.23. The van der Waals surface area contributed by atoms with Crippen molar-refractivity contribution < 1.29 is 27.1 Å². The number of nitrogens with zero attached hydrogens (tertiary/aromatic N) is 6. The molecule has 4 aromatic rings. The molecule has 2 bridgehead atoms. The summed E-state index contributed by atoms with van der Waals surface area (Å²) in [6.45, 7) is 2.58. The third kappa shape index (κ3) is 4.21. The third-order valence-corrected chi connectivity index (χ3v) is 15.7. The summed E-state index contributed by atoms with van der Waals surface area (Å²) in [6, 6.07) is 6.37. The maximum absolute atomic E-state index is 17.3. The van der Waals surface area contributed by atoms with E-state index in [4.69, 9.17) is 32.0 Å². The van der Waals surface area contributed by atoms with Gasteiger partial charge in [-0.15, -0.1) is 11.3 Å². The van der Waals surface area contributed by atoms with Crippen molar-refractivity contribution in [1.82, 2.24) is 19.8 Å². The number of thiophene rings is 1. The number of carbonyl (C=O) groups excluding carboxylic acids is 1. The number of amides is 1. The Balaban J connectivity index is 1.01. The Hall–Kier alpha value is -3.93. The lowest BCUT2D eigenvalue weighted by molar-refractivity contribution is -0.176. The number of halogens is 5. The van der Waals surface area contributed by atoms with Crippen molar-refractivity contribution in [2.45, 2.75) is 56.4 Å². The number of carbonyl (C=O) groups is 1. The monoisotopic (exact) mass is 777 g/mol. The molecular formula is C39H36ClF4N7O2S. The van der Waals surface area contributed by atoms with Crippen LogP contribution in [0.4, 0.5) is 28.4 Å². The number of benzene rings is 2. The largest absolute Gasteiger partial charge is 0.461 e. The van der Waals surface area contributed by atoms with Gasteiger partial charge in [-0.1, -0.05) is 17.7 Å². The van der Waals surface area contributed by atoms with Gasteiger partial charge in [0.05, 0.1) is 39.3 Å². The first-order valence-electron chi connectivity index (χ1n) is 18.8. The van der Waals surface area contributed by atoms with Crippen molar-refractivity contribution >= 4 is 60.7 Å². The Morgan fingerprint density at radius 2 is 1.87 bits per heavy atom. The van der Waals surface area contributed by atoms with E-state index >= 15 is 8.78 Å². The van der Waals surface area contributed by atoms with Crippen LogP contribution in [0.2, 0.25) is 5.02 Å². The summed E-state index contributed by atoms with van der Waals surface area (Å²) in [5, 5.41) is 10.7. The Morgan fingerprint density at radius 3 is 2.59 bits per heavy atom. The van der Waals surface area contributed by atoms with Crippen molar-refractivity contribution in [3.63, 3.8) is 0 Å². The Labute approximate surface area is 317 Å². The molecule has 1 spiro atoms. The predicted molar refractivity (Wildman–Crippen MR) is 196 cm³/mol. The minimum absolute atomic E-state index is 0.00549. The highest BCUT2D eigenvalue weighted by Crippen LogP contribution is 2.90. The van der Waals surface area contributed by atoms with Gasteiger partial charge in [0.1, 0.15) is 34.8 Å². The molecule has 7 heterocycles. The average molecular weight is 778 g/mol. The van der Waals surface area contributed by atoms with E-state index < -0.39 is 36.1 Å². The third-order valence-electron chi connectivity index (χ3n) is 14.4. The number of aromatic nitrogens is 2. The average Bonchev–Trinajstić information content (AvgIpc) is 3.58. The number of nitrogens with two attached hydrogens (primary N) is 1. The number of ether oxygens (including phenoxy) is 1. The van der Waals surface area contributed by atoms with Crippen molar-refractivity contribution in [2.24, 2.45) is 28.6 Å². The van der Waals surface area contributed by atoms with Gasteiger partial charge in [-0.05, 0) is 98.9 Å². The van der Waals surface area contributed by atoms with Crippen LogP contribution in [0.3, 0.4) is 0 Å². The number of nitriles is 1. The fourth-order valence-corrected chi connectivity index (χ4v) is 13.5. The van der Waals surface area contributed by atoms with E-state index in [0.29, 0.717) is 37.3 Å². The molecule has 8 fully saturated rings. The highest BCUT2D eigenvalue weighted by atomic mass is 35.5. The van der Waals surface area contributed by atoms with Crippen molar-refractivity contribution in [3.05, 3.63) is 40.4 Å². The van der Waals surface area contributed by atoms with E-state index in [1.807, 2.05) is 0 Å². The Kier molecular flexibility index (Phi) is 6.73. The van der Waals surface area contributed by atoms with Crippen molar-refractivity contribution in [2.75, 3.05) is 56.5 Å². The number of rotatable bonds is 6. The first-order valence-corrected chi connectivity index (χ1v) is 20.0. The molecule has 54 heavy (non-hydrogen) atoms. The topological polar surface area (TPSA) is 112 Å². The van der Waals surface area contributed by atoms with Crippen LogP contribution in [-0.4, -0.2) is 83.0 Å². The van der Waals surface area contributed by atoms with E-state index in [-0.39, 0.29) is 82.9 Å². The van der Waals surface area contributed by atoms with Crippen LogP contribution in [0.1, 0.15) is 50.5 Å². The van der Waals surface area contributed by atoms with Gasteiger partial charge < -0.3 is 20.3 Å². The van der Waals surface area contributed by atoms with Crippen LogP contribution in [0.25, 0.3) is 32.1 Å². The van der Waals surface area contributed by atoms with Crippen LogP contribution < -0.4 is 15.4 Å². The summed E-state index contributed by atoms with van der Waals surface area (Å²) in [7, 11) is 0. The Bertz CT molecular complexity index is 2380. The molecule has 3 aliphatic carbocycles. The van der Waals surface area contributed by atoms with E-state index in [0.717, 1.165) is 63.0 Å². The molecule has 280 valence electrons. The lowest BCUT2D eigenvalue weighted by Crippen LogP contribution is -2.62. The quantitative estimate of drug-likeness (QED) is 0.204. The molecule has 3 atom stereocenters. The second kappa shape index (κ2) is 10.9. The van der Waals surface area contributed by atoms with Crippen LogP contribution >= 0.6 is 22.9 Å². The van der Waals surface area contributed by atoms with E-state index in [2.05, 4.69) is 15.9 Å². The smallest absolute Gasteiger partial charge is 0.319 e. The number of anilines is 2. The van der Waals surface area contributed by atoms with Crippen LogP contribution in [0, 0.1) is 51.5 Å². The fraction of sp³-hybridized carbons (Fsp3) is 0.538. The molecule has 8 aliphatic rings. The van der Waals surface area contributed by atoms with E-state index in [9.17, 15) is 18.8 Å². The zero-order valence-corrected chi connectivity index (χ0v) is 30.8. The first-order chi connectivity index (χ1) is 25.9. The summed E-state index contributed by atoms with van der Waals surface area (Å²) in [4.78, 5) is 29.3. The molecule has 2 aromatic heterocycles. The molecular weight excluding hydrogens is 742 g/mol. The van der Waals surface area contributed by atoms with Gasteiger partial charge in [0.2, 0.25) is 5.91 Å². The second-order valence-corrected chi connectivity index (χ2v) is 18.5. The number of hydrogen-bond donors (Lipinski definition) is 1. The van der Waals surface area contributed by atoms with Gasteiger partial charge in [-0.2, -0.15) is 15.2 Å². The van der Waals surface area contributed by atoms with Crippen molar-refractivity contribution in [3.8, 4) is 23.2 Å². The minimum atomic E-state index is -2.81. The maximum atomic E-state index is 17.3. The molecule has 3 unspecified atom stereocenters. The molecule has 9 nitrogen and oxygen atoms in total. The summed E-state index contributed by atoms with van der Waals surface area (Å²) in [5.41, 5.74) is 5.61. The highest BCUT2D eigenvalue weighted by molar-refractivity contribution is 7.23. The molecule has 5 saturated heterocycles. The Morgan fingerprint density at radius 1 is 1.11 bits per heavy atom. The van der Waals surface area contributed by atoms with Crippen LogP contribution in [0.15, 0.2) is 18.2 Å². The normalized spacial score (nSPS) is 31.1. The number of hydrogen-bond acceptors (Lipinski definition) is 9. The SMILES string of the molecule is N#Cc1c(N)sc2c(F)ccc(-c3c(Cl)cc4c(N5CC6CC7(C6)C6C(C5)CC67C(=O)N5CC(F)(F)C5)nc(OCC56CCCN5CCC6)nc4c3F)c12. The van der Waals surface area contributed by atoms with Gasteiger partial charge in [0.15, 0.2) is 5.82 Å². The lowest BCUT2D eigenvalue weighted by Gasteiger charge is -2.45. The molecule has 2 aromatic carbocycles. The number of alkyl halides is 2. The van der Waals surface area contributed by atoms with Crippen LogP contribution in [-0.2, 0) is 4.79 Å².